The van der Waals surface area contributed by atoms with Crippen LogP contribution in [0.4, 0.5) is 0 Å². The van der Waals surface area contributed by atoms with E-state index in [0.29, 0.717) is 19.6 Å². The fourth-order valence-electron chi connectivity index (χ4n) is 3.39. The van der Waals surface area contributed by atoms with Gasteiger partial charge in [0.25, 0.3) is 0 Å². The van der Waals surface area contributed by atoms with E-state index in [1.807, 2.05) is 30.3 Å². The summed E-state index contributed by atoms with van der Waals surface area (Å²) in [6, 6.07) is 12.2. The van der Waals surface area contributed by atoms with Crippen molar-refractivity contribution in [3.63, 3.8) is 0 Å². The standard InChI is InChI=1S/C20H25N3O2S/c1-15-17-9-12-26-18(17)7-10-22(15)14-20(25)23(11-8-19(21)24)13-16-5-3-2-4-6-16/h2-6,9,12,15H,7-8,10-11,13-14H2,1H3,(H2,21,24). The molecule has 1 unspecified atom stereocenters. The predicted octanol–water partition coefficient (Wildman–Crippen LogP) is 2.57. The first-order valence-electron chi connectivity index (χ1n) is 8.95. The van der Waals surface area contributed by atoms with Gasteiger partial charge in [-0.2, -0.15) is 0 Å². The summed E-state index contributed by atoms with van der Waals surface area (Å²) < 4.78 is 0. The number of rotatable bonds is 7. The Morgan fingerprint density at radius 1 is 1.27 bits per heavy atom. The largest absolute Gasteiger partial charge is 0.370 e. The van der Waals surface area contributed by atoms with Crippen LogP contribution in [0.2, 0.25) is 0 Å². The van der Waals surface area contributed by atoms with Gasteiger partial charge in [-0.15, -0.1) is 11.3 Å². The van der Waals surface area contributed by atoms with E-state index in [9.17, 15) is 9.59 Å². The number of thiophene rings is 1. The molecule has 5 nitrogen and oxygen atoms in total. The van der Waals surface area contributed by atoms with Gasteiger partial charge in [0.2, 0.25) is 11.8 Å². The van der Waals surface area contributed by atoms with Crippen molar-refractivity contribution in [1.82, 2.24) is 9.80 Å². The molecule has 1 aromatic heterocycles. The zero-order valence-corrected chi connectivity index (χ0v) is 15.9. The minimum absolute atomic E-state index is 0.0423. The maximum Gasteiger partial charge on any atom is 0.237 e. The van der Waals surface area contributed by atoms with Crippen molar-refractivity contribution in [1.29, 1.82) is 0 Å². The molecular formula is C20H25N3O2S. The number of nitrogens with two attached hydrogens (primary N) is 1. The molecule has 0 saturated carbocycles. The normalized spacial score (nSPS) is 16.9. The zero-order chi connectivity index (χ0) is 18.5. The molecule has 2 aromatic rings. The van der Waals surface area contributed by atoms with Crippen molar-refractivity contribution in [2.75, 3.05) is 19.6 Å². The van der Waals surface area contributed by atoms with Crippen molar-refractivity contribution in [2.45, 2.75) is 32.4 Å². The van der Waals surface area contributed by atoms with Crippen LogP contribution in [0.1, 0.15) is 35.4 Å². The molecule has 0 saturated heterocycles. The second kappa shape index (κ2) is 8.47. The molecule has 0 bridgehead atoms. The van der Waals surface area contributed by atoms with Gasteiger partial charge in [0.05, 0.1) is 6.54 Å². The van der Waals surface area contributed by atoms with E-state index in [1.165, 1.54) is 10.4 Å². The lowest BCUT2D eigenvalue weighted by molar-refractivity contribution is -0.134. The second-order valence-corrected chi connectivity index (χ2v) is 7.71. The quantitative estimate of drug-likeness (QED) is 0.813. The van der Waals surface area contributed by atoms with Crippen LogP contribution in [-0.4, -0.2) is 41.2 Å². The van der Waals surface area contributed by atoms with Gasteiger partial charge in [0.1, 0.15) is 0 Å². The van der Waals surface area contributed by atoms with Gasteiger partial charge in [-0.1, -0.05) is 30.3 Å². The lowest BCUT2D eigenvalue weighted by atomic mass is 10.0. The highest BCUT2D eigenvalue weighted by Gasteiger charge is 2.27. The number of benzene rings is 1. The number of hydrogen-bond acceptors (Lipinski definition) is 4. The van der Waals surface area contributed by atoms with Crippen LogP contribution < -0.4 is 5.73 Å². The summed E-state index contributed by atoms with van der Waals surface area (Å²) in [5.74, 6) is -0.342. The Bertz CT molecular complexity index is 759. The van der Waals surface area contributed by atoms with Crippen molar-refractivity contribution >= 4 is 23.2 Å². The molecule has 26 heavy (non-hydrogen) atoms. The van der Waals surface area contributed by atoms with Crippen molar-refractivity contribution < 1.29 is 9.59 Å². The van der Waals surface area contributed by atoms with Gasteiger partial charge < -0.3 is 10.6 Å². The summed E-state index contributed by atoms with van der Waals surface area (Å²) in [7, 11) is 0. The van der Waals surface area contributed by atoms with E-state index in [1.54, 1.807) is 16.2 Å². The molecule has 0 fully saturated rings. The van der Waals surface area contributed by atoms with Crippen molar-refractivity contribution in [3.05, 3.63) is 57.8 Å². The summed E-state index contributed by atoms with van der Waals surface area (Å²) in [6.07, 6.45) is 1.17. The average Bonchev–Trinajstić information content (AvgIpc) is 3.11. The smallest absolute Gasteiger partial charge is 0.237 e. The zero-order valence-electron chi connectivity index (χ0n) is 15.1. The lowest BCUT2D eigenvalue weighted by Crippen LogP contribution is -2.44. The molecule has 2 amide bonds. The number of hydrogen-bond donors (Lipinski definition) is 1. The Balaban J connectivity index is 1.67. The van der Waals surface area contributed by atoms with E-state index >= 15 is 0 Å². The van der Waals surface area contributed by atoms with Crippen LogP contribution in [0.5, 0.6) is 0 Å². The third-order valence-electron chi connectivity index (χ3n) is 4.94. The lowest BCUT2D eigenvalue weighted by Gasteiger charge is -2.34. The van der Waals surface area contributed by atoms with E-state index in [2.05, 4.69) is 23.3 Å². The van der Waals surface area contributed by atoms with E-state index in [4.69, 9.17) is 5.73 Å². The third-order valence-corrected chi connectivity index (χ3v) is 5.94. The Kier molecular flexibility index (Phi) is 6.06. The first kappa shape index (κ1) is 18.6. The molecule has 0 radical (unpaired) electrons. The highest BCUT2D eigenvalue weighted by Crippen LogP contribution is 2.32. The number of nitrogens with zero attached hydrogens (tertiary/aromatic N) is 2. The van der Waals surface area contributed by atoms with Gasteiger partial charge in [-0.25, -0.2) is 0 Å². The number of fused-ring (bicyclic) bond motifs is 1. The fourth-order valence-corrected chi connectivity index (χ4v) is 4.35. The summed E-state index contributed by atoms with van der Waals surface area (Å²) >= 11 is 1.80. The molecule has 138 valence electrons. The topological polar surface area (TPSA) is 66.6 Å². The van der Waals surface area contributed by atoms with Crippen LogP contribution in [0.15, 0.2) is 41.8 Å². The second-order valence-electron chi connectivity index (χ2n) is 6.71. The van der Waals surface area contributed by atoms with E-state index in [0.717, 1.165) is 18.5 Å². The average molecular weight is 372 g/mol. The van der Waals surface area contributed by atoms with E-state index in [-0.39, 0.29) is 24.3 Å². The third kappa shape index (κ3) is 4.51. The Morgan fingerprint density at radius 2 is 2.04 bits per heavy atom. The summed E-state index contributed by atoms with van der Waals surface area (Å²) in [5, 5.41) is 2.13. The first-order valence-corrected chi connectivity index (χ1v) is 9.83. The highest BCUT2D eigenvalue weighted by atomic mass is 32.1. The van der Waals surface area contributed by atoms with Gasteiger partial charge in [-0.3, -0.25) is 14.5 Å². The van der Waals surface area contributed by atoms with E-state index < -0.39 is 0 Å². The van der Waals surface area contributed by atoms with Crippen LogP contribution in [0.25, 0.3) is 0 Å². The van der Waals surface area contributed by atoms with Crippen LogP contribution in [-0.2, 0) is 22.6 Å². The molecule has 0 aliphatic carbocycles. The number of carbonyl (C=O) groups is 2. The van der Waals surface area contributed by atoms with Crippen LogP contribution in [0, 0.1) is 0 Å². The van der Waals surface area contributed by atoms with Gasteiger partial charge in [0, 0.05) is 37.0 Å². The first-order chi connectivity index (χ1) is 12.5. The molecule has 0 spiro atoms. The van der Waals surface area contributed by atoms with Crippen LogP contribution in [0.3, 0.4) is 0 Å². The van der Waals surface area contributed by atoms with Crippen LogP contribution >= 0.6 is 11.3 Å². The maximum atomic E-state index is 13.0. The Morgan fingerprint density at radius 3 is 2.77 bits per heavy atom. The molecule has 3 rings (SSSR count). The number of primary amides is 1. The number of amides is 2. The summed E-state index contributed by atoms with van der Waals surface area (Å²) in [6.45, 7) is 4.26. The minimum atomic E-state index is -0.384. The molecule has 2 N–H and O–H groups in total. The Hall–Kier alpha value is -2.18. The van der Waals surface area contributed by atoms with Gasteiger partial charge in [0.15, 0.2) is 0 Å². The molecule has 1 aliphatic heterocycles. The van der Waals surface area contributed by atoms with Gasteiger partial charge >= 0.3 is 0 Å². The van der Waals surface area contributed by atoms with Crippen molar-refractivity contribution in [2.24, 2.45) is 5.73 Å². The summed E-state index contributed by atoms with van der Waals surface area (Å²) in [4.78, 5) is 29.6. The number of carbonyl (C=O) groups excluding carboxylic acids is 2. The fraction of sp³-hybridized carbons (Fsp3) is 0.400. The molecule has 1 aliphatic rings. The van der Waals surface area contributed by atoms with Gasteiger partial charge in [-0.05, 0) is 35.9 Å². The summed E-state index contributed by atoms with van der Waals surface area (Å²) in [5.41, 5.74) is 7.68. The minimum Gasteiger partial charge on any atom is -0.370 e. The molecule has 1 aromatic carbocycles. The molecular weight excluding hydrogens is 346 g/mol. The van der Waals surface area contributed by atoms with Crippen molar-refractivity contribution in [3.8, 4) is 0 Å². The monoisotopic (exact) mass is 371 g/mol. The predicted molar refractivity (Wildman–Crippen MR) is 104 cm³/mol. The molecule has 2 heterocycles. The SMILES string of the molecule is CC1c2ccsc2CCN1CC(=O)N(CCC(N)=O)Cc1ccccc1. The Labute approximate surface area is 158 Å². The molecule has 1 atom stereocenters. The molecule has 6 heteroatoms. The maximum absolute atomic E-state index is 13.0. The highest BCUT2D eigenvalue weighted by molar-refractivity contribution is 7.10.